The number of esters is 1. The van der Waals surface area contributed by atoms with Gasteiger partial charge in [0.2, 0.25) is 0 Å². The summed E-state index contributed by atoms with van der Waals surface area (Å²) in [5.74, 6) is 0.242. The van der Waals surface area contributed by atoms with Gasteiger partial charge in [0, 0.05) is 25.5 Å². The highest BCUT2D eigenvalue weighted by atomic mass is 32.2. The maximum Gasteiger partial charge on any atom is 0.336 e. The summed E-state index contributed by atoms with van der Waals surface area (Å²) in [7, 11) is 5.26. The first kappa shape index (κ1) is 20.0. The molecule has 0 spiro atoms. The van der Waals surface area contributed by atoms with E-state index in [-0.39, 0.29) is 5.56 Å². The van der Waals surface area contributed by atoms with Crippen LogP contribution >= 0.6 is 11.8 Å². The maximum atomic E-state index is 12.9. The molecule has 1 aromatic heterocycles. The van der Waals surface area contributed by atoms with Gasteiger partial charge in [-0.25, -0.2) is 9.78 Å². The molecule has 0 radical (unpaired) electrons. The van der Waals surface area contributed by atoms with E-state index in [9.17, 15) is 9.59 Å². The molecule has 0 fully saturated rings. The third kappa shape index (κ3) is 3.64. The average molecular weight is 401 g/mol. The quantitative estimate of drug-likeness (QED) is 0.453. The number of anilines is 2. The number of carbonyl (C=O) groups is 1. The molecule has 1 aromatic carbocycles. The largest absolute Gasteiger partial charge is 0.466 e. The molecule has 7 nitrogen and oxygen atoms in total. The SMILES string of the molecule is CCSc1nc2c(c(=O)[nH]1)C(c1ccc(N(C)C)cc1)C(C(=O)OC)=C(C)N2. The van der Waals surface area contributed by atoms with E-state index >= 15 is 0 Å². The van der Waals surface area contributed by atoms with Crippen LogP contribution in [0.4, 0.5) is 11.5 Å². The average Bonchev–Trinajstić information content (AvgIpc) is 2.66. The van der Waals surface area contributed by atoms with Gasteiger partial charge in [0.1, 0.15) is 5.82 Å². The molecule has 0 saturated heterocycles. The highest BCUT2D eigenvalue weighted by molar-refractivity contribution is 7.99. The number of aromatic amines is 1. The molecule has 1 aliphatic rings. The minimum Gasteiger partial charge on any atom is -0.466 e. The molecule has 0 saturated carbocycles. The predicted molar refractivity (Wildman–Crippen MR) is 112 cm³/mol. The van der Waals surface area contributed by atoms with Gasteiger partial charge in [-0.3, -0.25) is 4.79 Å². The Kier molecular flexibility index (Phi) is 5.79. The van der Waals surface area contributed by atoms with Crippen molar-refractivity contribution in [2.24, 2.45) is 0 Å². The van der Waals surface area contributed by atoms with E-state index in [0.717, 1.165) is 17.0 Å². The van der Waals surface area contributed by atoms with Gasteiger partial charge in [0.15, 0.2) is 5.16 Å². The summed E-state index contributed by atoms with van der Waals surface area (Å²) in [6, 6.07) is 7.79. The number of hydrogen-bond donors (Lipinski definition) is 2. The lowest BCUT2D eigenvalue weighted by atomic mass is 9.82. The molecule has 1 aliphatic heterocycles. The first-order chi connectivity index (χ1) is 13.4. The van der Waals surface area contributed by atoms with Crippen LogP contribution in [-0.4, -0.2) is 42.9 Å². The molecule has 2 aromatic rings. The van der Waals surface area contributed by atoms with Crippen LogP contribution in [0.5, 0.6) is 0 Å². The van der Waals surface area contributed by atoms with Gasteiger partial charge in [-0.05, 0) is 30.4 Å². The summed E-state index contributed by atoms with van der Waals surface area (Å²) < 4.78 is 5.01. The maximum absolute atomic E-state index is 12.9. The number of carbonyl (C=O) groups excluding carboxylic acids is 1. The van der Waals surface area contributed by atoms with Crippen molar-refractivity contribution in [3.05, 3.63) is 57.0 Å². The second kappa shape index (κ2) is 8.10. The molecule has 0 aliphatic carbocycles. The minimum absolute atomic E-state index is 0.260. The number of H-pyrrole nitrogens is 1. The van der Waals surface area contributed by atoms with E-state index < -0.39 is 11.9 Å². The monoisotopic (exact) mass is 400 g/mol. The third-order valence-corrected chi connectivity index (χ3v) is 5.41. The molecule has 2 heterocycles. The Morgan fingerprint density at radius 1 is 1.29 bits per heavy atom. The van der Waals surface area contributed by atoms with Crippen LogP contribution in [0.1, 0.15) is 30.9 Å². The number of nitrogens with one attached hydrogen (secondary N) is 2. The van der Waals surface area contributed by atoms with Gasteiger partial charge in [-0.1, -0.05) is 30.8 Å². The van der Waals surface area contributed by atoms with E-state index in [1.54, 1.807) is 6.92 Å². The van der Waals surface area contributed by atoms with Crippen LogP contribution in [0.2, 0.25) is 0 Å². The summed E-state index contributed by atoms with van der Waals surface area (Å²) >= 11 is 1.46. The predicted octanol–water partition coefficient (Wildman–Crippen LogP) is 2.95. The van der Waals surface area contributed by atoms with Crippen LogP contribution in [0.15, 0.2) is 45.5 Å². The Morgan fingerprint density at radius 2 is 1.96 bits per heavy atom. The van der Waals surface area contributed by atoms with Gasteiger partial charge in [-0.15, -0.1) is 0 Å². The van der Waals surface area contributed by atoms with Gasteiger partial charge < -0.3 is 19.9 Å². The van der Waals surface area contributed by atoms with E-state index in [0.29, 0.717) is 27.8 Å². The van der Waals surface area contributed by atoms with Crippen molar-refractivity contribution < 1.29 is 9.53 Å². The summed E-state index contributed by atoms with van der Waals surface area (Å²) in [6.07, 6.45) is 0. The lowest BCUT2D eigenvalue weighted by Gasteiger charge is -2.28. The summed E-state index contributed by atoms with van der Waals surface area (Å²) in [4.78, 5) is 34.9. The van der Waals surface area contributed by atoms with E-state index in [2.05, 4.69) is 15.3 Å². The van der Waals surface area contributed by atoms with Gasteiger partial charge in [0.05, 0.1) is 24.2 Å². The third-order valence-electron chi connectivity index (χ3n) is 4.65. The second-order valence-electron chi connectivity index (χ2n) is 6.64. The Morgan fingerprint density at radius 3 is 2.54 bits per heavy atom. The normalized spacial score (nSPS) is 15.7. The molecule has 1 atom stereocenters. The van der Waals surface area contributed by atoms with Crippen LogP contribution in [0, 0.1) is 0 Å². The van der Waals surface area contributed by atoms with Crippen molar-refractivity contribution in [3.63, 3.8) is 0 Å². The number of hydrogen-bond acceptors (Lipinski definition) is 7. The molecular formula is C20H24N4O3S. The van der Waals surface area contributed by atoms with Crippen molar-refractivity contribution in [3.8, 4) is 0 Å². The fourth-order valence-electron chi connectivity index (χ4n) is 3.31. The fraction of sp³-hybridized carbons (Fsp3) is 0.350. The zero-order valence-corrected chi connectivity index (χ0v) is 17.4. The van der Waals surface area contributed by atoms with Crippen LogP contribution < -0.4 is 15.8 Å². The Labute approximate surface area is 168 Å². The molecule has 0 amide bonds. The summed E-state index contributed by atoms with van der Waals surface area (Å²) in [6.45, 7) is 3.79. The van der Waals surface area contributed by atoms with Gasteiger partial charge >= 0.3 is 5.97 Å². The smallest absolute Gasteiger partial charge is 0.336 e. The molecule has 3 rings (SSSR count). The van der Waals surface area contributed by atoms with Crippen molar-refractivity contribution in [1.82, 2.24) is 9.97 Å². The lowest BCUT2D eigenvalue weighted by molar-refractivity contribution is -0.136. The number of rotatable bonds is 5. The van der Waals surface area contributed by atoms with Gasteiger partial charge in [-0.2, -0.15) is 0 Å². The first-order valence-electron chi connectivity index (χ1n) is 8.97. The number of fused-ring (bicyclic) bond motifs is 1. The lowest BCUT2D eigenvalue weighted by Crippen LogP contribution is -2.31. The van der Waals surface area contributed by atoms with Crippen molar-refractivity contribution in [2.75, 3.05) is 37.2 Å². The van der Waals surface area contributed by atoms with E-state index in [4.69, 9.17) is 4.74 Å². The second-order valence-corrected chi connectivity index (χ2v) is 7.89. The van der Waals surface area contributed by atoms with Crippen molar-refractivity contribution in [1.29, 1.82) is 0 Å². The minimum atomic E-state index is -0.558. The molecule has 148 valence electrons. The van der Waals surface area contributed by atoms with Gasteiger partial charge in [0.25, 0.3) is 5.56 Å². The highest BCUT2D eigenvalue weighted by Gasteiger charge is 2.36. The van der Waals surface area contributed by atoms with Crippen LogP contribution in [-0.2, 0) is 9.53 Å². The molecular weight excluding hydrogens is 376 g/mol. The summed E-state index contributed by atoms with van der Waals surface area (Å²) in [5, 5.41) is 3.67. The standard InChI is InChI=1S/C20H24N4O3S/c1-6-28-20-22-17-16(18(25)23-20)15(14(11(2)21-17)19(26)27-5)12-7-9-13(10-8-12)24(3)4/h7-10,15H,6H2,1-5H3,(H2,21,22,23,25). The van der Waals surface area contributed by atoms with Crippen LogP contribution in [0.3, 0.4) is 0 Å². The Balaban J connectivity index is 2.21. The fourth-order valence-corrected chi connectivity index (χ4v) is 3.91. The zero-order chi connectivity index (χ0) is 20.4. The van der Waals surface area contributed by atoms with Crippen molar-refractivity contribution in [2.45, 2.75) is 24.9 Å². The number of methoxy groups -OCH3 is 1. The highest BCUT2D eigenvalue weighted by Crippen LogP contribution is 2.40. The van der Waals surface area contributed by atoms with E-state index in [1.165, 1.54) is 18.9 Å². The van der Waals surface area contributed by atoms with E-state index in [1.807, 2.05) is 50.2 Å². The van der Waals surface area contributed by atoms with Crippen LogP contribution in [0.25, 0.3) is 0 Å². The topological polar surface area (TPSA) is 87.3 Å². The number of aromatic nitrogens is 2. The number of allylic oxidation sites excluding steroid dienone is 1. The molecule has 2 N–H and O–H groups in total. The molecule has 28 heavy (non-hydrogen) atoms. The number of thioether (sulfide) groups is 1. The first-order valence-corrected chi connectivity index (χ1v) is 9.96. The molecule has 1 unspecified atom stereocenters. The Hall–Kier alpha value is -2.74. The van der Waals surface area contributed by atoms with Crippen molar-refractivity contribution >= 4 is 29.2 Å². The zero-order valence-electron chi connectivity index (χ0n) is 16.6. The summed E-state index contributed by atoms with van der Waals surface area (Å²) in [5.41, 5.74) is 3.06. The number of benzene rings is 1. The number of ether oxygens (including phenoxy) is 1. The Bertz CT molecular complexity index is 980. The molecule has 8 heteroatoms. The molecule has 0 bridgehead atoms. The number of nitrogens with zero attached hydrogens (tertiary/aromatic N) is 2.